The quantitative estimate of drug-likeness (QED) is 0.874. The lowest BCUT2D eigenvalue weighted by Gasteiger charge is -2.18. The van der Waals surface area contributed by atoms with Crippen LogP contribution in [0.25, 0.3) is 0 Å². The molecule has 0 heterocycles. The highest BCUT2D eigenvalue weighted by molar-refractivity contribution is 5.97. The lowest BCUT2D eigenvalue weighted by molar-refractivity contribution is -0.118. The van der Waals surface area contributed by atoms with Crippen molar-refractivity contribution in [3.63, 3.8) is 0 Å². The first kappa shape index (κ1) is 19.4. The van der Waals surface area contributed by atoms with Gasteiger partial charge < -0.3 is 16.0 Å². The number of hydrogen-bond acceptors (Lipinski definition) is 3. The van der Waals surface area contributed by atoms with E-state index in [1.807, 2.05) is 13.8 Å². The van der Waals surface area contributed by atoms with Gasteiger partial charge in [0.05, 0.1) is 6.04 Å². The zero-order valence-corrected chi connectivity index (χ0v) is 13.7. The number of nitrogens with zero attached hydrogens (tertiary/aromatic N) is 1. The molecule has 0 bridgehead atoms. The Bertz CT molecular complexity index is 474. The van der Waals surface area contributed by atoms with Crippen molar-refractivity contribution in [2.45, 2.75) is 26.3 Å². The maximum absolute atomic E-state index is 11.9. The summed E-state index contributed by atoms with van der Waals surface area (Å²) in [6, 6.07) is 6.26. The van der Waals surface area contributed by atoms with Crippen molar-refractivity contribution in [1.29, 1.82) is 0 Å². The molecular formula is C15H24ClN3O2. The maximum Gasteiger partial charge on any atom is 0.253 e. The molecule has 21 heavy (non-hydrogen) atoms. The zero-order chi connectivity index (χ0) is 15.3. The molecule has 1 rings (SSSR count). The van der Waals surface area contributed by atoms with Gasteiger partial charge in [-0.1, -0.05) is 20.3 Å². The van der Waals surface area contributed by atoms with E-state index in [4.69, 9.17) is 5.73 Å². The molecule has 0 saturated heterocycles. The molecule has 0 aliphatic carbocycles. The van der Waals surface area contributed by atoms with Gasteiger partial charge in [0.1, 0.15) is 0 Å². The number of nitrogens with one attached hydrogen (secondary N) is 1. The van der Waals surface area contributed by atoms with Crippen LogP contribution in [0.5, 0.6) is 0 Å². The Labute approximate surface area is 132 Å². The summed E-state index contributed by atoms with van der Waals surface area (Å²) < 4.78 is 0. The minimum atomic E-state index is -0.525. The Balaban J connectivity index is 0.00000400. The second-order valence-electron chi connectivity index (χ2n) is 5.18. The second kappa shape index (κ2) is 8.64. The van der Waals surface area contributed by atoms with Crippen LogP contribution in [-0.4, -0.2) is 36.9 Å². The van der Waals surface area contributed by atoms with E-state index in [-0.39, 0.29) is 30.1 Å². The number of halogens is 1. The van der Waals surface area contributed by atoms with Crippen LogP contribution in [0.1, 0.15) is 30.6 Å². The highest BCUT2D eigenvalue weighted by atomic mass is 35.5. The van der Waals surface area contributed by atoms with E-state index in [9.17, 15) is 9.59 Å². The molecule has 0 aliphatic heterocycles. The van der Waals surface area contributed by atoms with Crippen molar-refractivity contribution in [1.82, 2.24) is 4.90 Å². The van der Waals surface area contributed by atoms with Gasteiger partial charge in [-0.25, -0.2) is 0 Å². The summed E-state index contributed by atoms with van der Waals surface area (Å²) in [5.74, 6) is -0.144. The van der Waals surface area contributed by atoms with E-state index < -0.39 is 6.04 Å². The molecule has 2 amide bonds. The Kier molecular flexibility index (Phi) is 7.99. The normalized spacial score (nSPS) is 12.8. The van der Waals surface area contributed by atoms with E-state index in [0.29, 0.717) is 11.3 Å². The highest BCUT2D eigenvalue weighted by Crippen LogP contribution is 2.13. The van der Waals surface area contributed by atoms with E-state index in [1.165, 1.54) is 4.90 Å². The average molecular weight is 314 g/mol. The Morgan fingerprint density at radius 1 is 1.24 bits per heavy atom. The first-order valence-electron chi connectivity index (χ1n) is 6.75. The summed E-state index contributed by atoms with van der Waals surface area (Å²) in [7, 11) is 3.40. The molecule has 0 radical (unpaired) electrons. The first-order valence-corrected chi connectivity index (χ1v) is 6.75. The molecule has 6 heteroatoms. The number of benzene rings is 1. The summed E-state index contributed by atoms with van der Waals surface area (Å²) in [6.45, 7) is 3.95. The van der Waals surface area contributed by atoms with Gasteiger partial charge in [0, 0.05) is 25.3 Å². The molecule has 1 aromatic rings. The number of carbonyl (C=O) groups excluding carboxylic acids is 2. The standard InChI is InChI=1S/C15H23N3O2.ClH/c1-5-10(2)13(16)14(19)17-12-8-6-11(7-9-12)15(20)18(3)4;/h6-10,13H,5,16H2,1-4H3,(H,17,19);1H. The van der Waals surface area contributed by atoms with Crippen LogP contribution < -0.4 is 11.1 Å². The first-order chi connectivity index (χ1) is 9.36. The van der Waals surface area contributed by atoms with E-state index in [1.54, 1.807) is 38.4 Å². The monoisotopic (exact) mass is 313 g/mol. The number of hydrogen-bond donors (Lipinski definition) is 2. The van der Waals surface area contributed by atoms with Gasteiger partial charge in [-0.05, 0) is 30.2 Å². The summed E-state index contributed by atoms with van der Waals surface area (Å²) in [4.78, 5) is 25.2. The van der Waals surface area contributed by atoms with Crippen molar-refractivity contribution in [2.75, 3.05) is 19.4 Å². The number of carbonyl (C=O) groups is 2. The minimum Gasteiger partial charge on any atom is -0.345 e. The average Bonchev–Trinajstić information content (AvgIpc) is 2.45. The molecule has 5 nitrogen and oxygen atoms in total. The number of amides is 2. The van der Waals surface area contributed by atoms with Crippen LogP contribution in [-0.2, 0) is 4.79 Å². The van der Waals surface area contributed by atoms with Crippen LogP contribution in [0.4, 0.5) is 5.69 Å². The van der Waals surface area contributed by atoms with Crippen LogP contribution in [0, 0.1) is 5.92 Å². The second-order valence-corrected chi connectivity index (χ2v) is 5.18. The van der Waals surface area contributed by atoms with Crippen molar-refractivity contribution >= 4 is 29.9 Å². The molecule has 0 saturated carbocycles. The van der Waals surface area contributed by atoms with Crippen LogP contribution in [0.15, 0.2) is 24.3 Å². The number of nitrogens with two attached hydrogens (primary N) is 1. The zero-order valence-electron chi connectivity index (χ0n) is 12.9. The van der Waals surface area contributed by atoms with Gasteiger partial charge in [-0.2, -0.15) is 0 Å². The molecule has 2 unspecified atom stereocenters. The van der Waals surface area contributed by atoms with E-state index >= 15 is 0 Å². The van der Waals surface area contributed by atoms with E-state index in [2.05, 4.69) is 5.32 Å². The largest absolute Gasteiger partial charge is 0.345 e. The van der Waals surface area contributed by atoms with Crippen LogP contribution in [0.3, 0.4) is 0 Å². The number of anilines is 1. The molecule has 3 N–H and O–H groups in total. The molecule has 118 valence electrons. The van der Waals surface area contributed by atoms with Crippen LogP contribution in [0.2, 0.25) is 0 Å². The molecule has 0 spiro atoms. The molecule has 0 fully saturated rings. The van der Waals surface area contributed by atoms with Crippen molar-refractivity contribution < 1.29 is 9.59 Å². The van der Waals surface area contributed by atoms with Gasteiger partial charge in [-0.3, -0.25) is 9.59 Å². The summed E-state index contributed by atoms with van der Waals surface area (Å²) in [6.07, 6.45) is 0.852. The third-order valence-corrected chi connectivity index (χ3v) is 3.37. The molecule has 2 atom stereocenters. The smallest absolute Gasteiger partial charge is 0.253 e. The van der Waals surface area contributed by atoms with Gasteiger partial charge in [0.25, 0.3) is 5.91 Å². The summed E-state index contributed by atoms with van der Waals surface area (Å²) >= 11 is 0. The lowest BCUT2D eigenvalue weighted by atomic mass is 9.99. The third kappa shape index (κ3) is 5.36. The van der Waals surface area contributed by atoms with Crippen molar-refractivity contribution in [3.05, 3.63) is 29.8 Å². The summed E-state index contributed by atoms with van der Waals surface area (Å²) in [5.41, 5.74) is 7.09. The number of rotatable bonds is 5. The van der Waals surface area contributed by atoms with Gasteiger partial charge in [0.2, 0.25) is 5.91 Å². The van der Waals surface area contributed by atoms with Crippen molar-refractivity contribution in [2.24, 2.45) is 11.7 Å². The predicted octanol–water partition coefficient (Wildman–Crippen LogP) is 2.12. The Morgan fingerprint density at radius 3 is 2.19 bits per heavy atom. The lowest BCUT2D eigenvalue weighted by Crippen LogP contribution is -2.40. The molecule has 0 aliphatic rings. The topological polar surface area (TPSA) is 75.4 Å². The highest BCUT2D eigenvalue weighted by Gasteiger charge is 2.19. The minimum absolute atomic E-state index is 0. The third-order valence-electron chi connectivity index (χ3n) is 3.37. The summed E-state index contributed by atoms with van der Waals surface area (Å²) in [5, 5.41) is 2.76. The van der Waals surface area contributed by atoms with Gasteiger partial charge >= 0.3 is 0 Å². The molecule has 1 aromatic carbocycles. The Morgan fingerprint density at radius 2 is 1.76 bits per heavy atom. The fraction of sp³-hybridized carbons (Fsp3) is 0.467. The Hall–Kier alpha value is -1.59. The molecular weight excluding hydrogens is 290 g/mol. The van der Waals surface area contributed by atoms with E-state index in [0.717, 1.165) is 6.42 Å². The van der Waals surface area contributed by atoms with Gasteiger partial charge in [-0.15, -0.1) is 12.4 Å². The SMILES string of the molecule is CCC(C)C(N)C(=O)Nc1ccc(C(=O)N(C)C)cc1.Cl. The van der Waals surface area contributed by atoms with Crippen molar-refractivity contribution in [3.8, 4) is 0 Å². The predicted molar refractivity (Wildman–Crippen MR) is 87.8 cm³/mol. The van der Waals surface area contributed by atoms with Gasteiger partial charge in [0.15, 0.2) is 0 Å². The fourth-order valence-electron chi connectivity index (χ4n) is 1.69. The van der Waals surface area contributed by atoms with Crippen LogP contribution >= 0.6 is 12.4 Å². The molecule has 0 aromatic heterocycles. The maximum atomic E-state index is 11.9. The fourth-order valence-corrected chi connectivity index (χ4v) is 1.69.